The van der Waals surface area contributed by atoms with E-state index in [1.165, 1.54) is 33.2 Å². The van der Waals surface area contributed by atoms with E-state index < -0.39 is 17.1 Å². The minimum atomic E-state index is -0.872. The van der Waals surface area contributed by atoms with E-state index in [2.05, 4.69) is 10.6 Å². The Morgan fingerprint density at radius 3 is 2.43 bits per heavy atom. The molecule has 28 heavy (non-hydrogen) atoms. The molecule has 0 bridgehead atoms. The number of alkyl carbamates (subject to hydrolysis) is 1. The summed E-state index contributed by atoms with van der Waals surface area (Å²) in [5, 5.41) is 16.5. The highest BCUT2D eigenvalue weighted by Crippen LogP contribution is 2.38. The van der Waals surface area contributed by atoms with Crippen molar-refractivity contribution in [2.24, 2.45) is 0 Å². The molecule has 2 amide bonds. The molecule has 0 aliphatic heterocycles. The summed E-state index contributed by atoms with van der Waals surface area (Å²) in [6, 6.07) is 2.70. The van der Waals surface area contributed by atoms with Gasteiger partial charge in [-0.05, 0) is 33.3 Å². The SMILES string of the molecule is CNC(=O)OC(C)c1cc(OC)c(OCCCC(=O)NC(C)C)cc1[N+](=O)[O-]. The number of methoxy groups -OCH3 is 1. The van der Waals surface area contributed by atoms with Crippen molar-refractivity contribution in [2.45, 2.75) is 45.8 Å². The molecule has 10 heteroatoms. The molecule has 0 spiro atoms. The highest BCUT2D eigenvalue weighted by molar-refractivity contribution is 5.76. The summed E-state index contributed by atoms with van der Waals surface area (Å²) in [6.45, 7) is 5.44. The number of rotatable bonds is 10. The van der Waals surface area contributed by atoms with Gasteiger partial charge in [0.15, 0.2) is 11.5 Å². The summed E-state index contributed by atoms with van der Waals surface area (Å²) < 4.78 is 15.9. The summed E-state index contributed by atoms with van der Waals surface area (Å²) >= 11 is 0. The third-order valence-electron chi connectivity index (χ3n) is 3.69. The number of nitrogens with one attached hydrogen (secondary N) is 2. The first kappa shape index (κ1) is 23.0. The van der Waals surface area contributed by atoms with Gasteiger partial charge in [0.2, 0.25) is 5.91 Å². The molecule has 156 valence electrons. The molecule has 2 N–H and O–H groups in total. The molecule has 0 heterocycles. The summed E-state index contributed by atoms with van der Waals surface area (Å²) in [6.07, 6.45) is -0.866. The number of carbonyl (C=O) groups is 2. The molecule has 10 nitrogen and oxygen atoms in total. The number of nitrogens with zero attached hydrogens (tertiary/aromatic N) is 1. The third kappa shape index (κ3) is 6.93. The Morgan fingerprint density at radius 2 is 1.89 bits per heavy atom. The largest absolute Gasteiger partial charge is 0.493 e. The van der Waals surface area contributed by atoms with Crippen LogP contribution in [0.2, 0.25) is 0 Å². The fraction of sp³-hybridized carbons (Fsp3) is 0.556. The maximum absolute atomic E-state index is 11.6. The average molecular weight is 397 g/mol. The lowest BCUT2D eigenvalue weighted by Gasteiger charge is -2.17. The fourth-order valence-electron chi connectivity index (χ4n) is 2.41. The van der Waals surface area contributed by atoms with Crippen LogP contribution in [0.1, 0.15) is 45.3 Å². The van der Waals surface area contributed by atoms with Gasteiger partial charge in [-0.3, -0.25) is 14.9 Å². The zero-order valence-electron chi connectivity index (χ0n) is 16.7. The van der Waals surface area contributed by atoms with Gasteiger partial charge in [0, 0.05) is 19.5 Å². The monoisotopic (exact) mass is 397 g/mol. The van der Waals surface area contributed by atoms with Crippen molar-refractivity contribution >= 4 is 17.7 Å². The molecule has 1 atom stereocenters. The van der Waals surface area contributed by atoms with Gasteiger partial charge in [0.05, 0.1) is 30.3 Å². The first-order valence-corrected chi connectivity index (χ1v) is 8.86. The third-order valence-corrected chi connectivity index (χ3v) is 3.69. The van der Waals surface area contributed by atoms with Crippen molar-refractivity contribution in [2.75, 3.05) is 20.8 Å². The van der Waals surface area contributed by atoms with E-state index in [9.17, 15) is 19.7 Å². The smallest absolute Gasteiger partial charge is 0.407 e. The topological polar surface area (TPSA) is 129 Å². The number of nitro groups is 1. The molecule has 0 aliphatic rings. The Morgan fingerprint density at radius 1 is 1.21 bits per heavy atom. The van der Waals surface area contributed by atoms with Crippen LogP contribution in [-0.2, 0) is 9.53 Å². The maximum atomic E-state index is 11.6. The van der Waals surface area contributed by atoms with Crippen molar-refractivity contribution in [3.05, 3.63) is 27.8 Å². The van der Waals surface area contributed by atoms with E-state index in [1.54, 1.807) is 0 Å². The summed E-state index contributed by atoms with van der Waals surface area (Å²) in [5.74, 6) is 0.348. The summed E-state index contributed by atoms with van der Waals surface area (Å²) in [4.78, 5) is 33.9. The zero-order valence-corrected chi connectivity index (χ0v) is 16.7. The van der Waals surface area contributed by atoms with Crippen LogP contribution >= 0.6 is 0 Å². The standard InChI is InChI=1S/C18H27N3O7/c1-11(2)20-17(22)7-6-8-27-16-10-14(21(24)25)13(9-15(16)26-5)12(3)28-18(23)19-4/h9-12H,6-8H2,1-5H3,(H,19,23)(H,20,22). The molecule has 1 rings (SSSR count). The van der Waals surface area contributed by atoms with Gasteiger partial charge < -0.3 is 24.8 Å². The van der Waals surface area contributed by atoms with E-state index in [1.807, 2.05) is 13.8 Å². The first-order valence-electron chi connectivity index (χ1n) is 8.86. The molecule has 1 unspecified atom stereocenters. The first-order chi connectivity index (χ1) is 13.2. The Hall–Kier alpha value is -3.04. The Bertz CT molecular complexity index is 707. The van der Waals surface area contributed by atoms with Crippen LogP contribution in [0.25, 0.3) is 0 Å². The van der Waals surface area contributed by atoms with E-state index in [-0.39, 0.29) is 47.7 Å². The lowest BCUT2D eigenvalue weighted by atomic mass is 10.1. The van der Waals surface area contributed by atoms with E-state index in [0.29, 0.717) is 6.42 Å². The lowest BCUT2D eigenvalue weighted by Crippen LogP contribution is -2.30. The fourth-order valence-corrected chi connectivity index (χ4v) is 2.41. The molecule has 0 saturated carbocycles. The van der Waals surface area contributed by atoms with Gasteiger partial charge in [0.25, 0.3) is 5.69 Å². The molecule has 1 aromatic rings. The van der Waals surface area contributed by atoms with E-state index in [4.69, 9.17) is 14.2 Å². The van der Waals surface area contributed by atoms with Crippen molar-refractivity contribution in [3.63, 3.8) is 0 Å². The summed E-state index contributed by atoms with van der Waals surface area (Å²) in [7, 11) is 2.79. The minimum absolute atomic E-state index is 0.0581. The predicted octanol–water partition coefficient (Wildman–Crippen LogP) is 2.70. The highest BCUT2D eigenvalue weighted by atomic mass is 16.6. The zero-order chi connectivity index (χ0) is 21.3. The van der Waals surface area contributed by atoms with Gasteiger partial charge in [-0.1, -0.05) is 0 Å². The highest BCUT2D eigenvalue weighted by Gasteiger charge is 2.25. The lowest BCUT2D eigenvalue weighted by molar-refractivity contribution is -0.386. The van der Waals surface area contributed by atoms with Crippen LogP contribution in [0.4, 0.5) is 10.5 Å². The quantitative estimate of drug-likeness (QED) is 0.353. The maximum Gasteiger partial charge on any atom is 0.407 e. The molecule has 0 fully saturated rings. The summed E-state index contributed by atoms with van der Waals surface area (Å²) in [5.41, 5.74) is -0.0844. The molecule has 0 aromatic heterocycles. The molecule has 0 radical (unpaired) electrons. The van der Waals surface area contributed by atoms with E-state index >= 15 is 0 Å². The Labute approximate surface area is 163 Å². The van der Waals surface area contributed by atoms with Gasteiger partial charge in [-0.15, -0.1) is 0 Å². The number of carbonyl (C=O) groups excluding carboxylic acids is 2. The Balaban J connectivity index is 2.92. The molecule has 0 aliphatic carbocycles. The number of hydrogen-bond acceptors (Lipinski definition) is 7. The van der Waals surface area contributed by atoms with Crippen LogP contribution in [-0.4, -0.2) is 43.7 Å². The number of hydrogen-bond donors (Lipinski definition) is 2. The van der Waals surface area contributed by atoms with Crippen molar-refractivity contribution < 1.29 is 28.7 Å². The minimum Gasteiger partial charge on any atom is -0.493 e. The number of amides is 2. The van der Waals surface area contributed by atoms with Gasteiger partial charge in [-0.2, -0.15) is 0 Å². The van der Waals surface area contributed by atoms with E-state index in [0.717, 1.165) is 0 Å². The van der Waals surface area contributed by atoms with Gasteiger partial charge >= 0.3 is 6.09 Å². The molecule has 0 saturated heterocycles. The Kier molecular flexibility index (Phi) is 9.00. The normalized spacial score (nSPS) is 11.5. The predicted molar refractivity (Wildman–Crippen MR) is 102 cm³/mol. The van der Waals surface area contributed by atoms with Gasteiger partial charge in [-0.25, -0.2) is 4.79 Å². The molecule has 1 aromatic carbocycles. The van der Waals surface area contributed by atoms with Crippen molar-refractivity contribution in [1.82, 2.24) is 10.6 Å². The number of benzene rings is 1. The second-order valence-corrected chi connectivity index (χ2v) is 6.29. The van der Waals surface area contributed by atoms with Crippen molar-refractivity contribution in [1.29, 1.82) is 0 Å². The molecular weight excluding hydrogens is 370 g/mol. The van der Waals surface area contributed by atoms with Crippen molar-refractivity contribution in [3.8, 4) is 11.5 Å². The van der Waals surface area contributed by atoms with Crippen LogP contribution in [0.3, 0.4) is 0 Å². The van der Waals surface area contributed by atoms with Crippen LogP contribution < -0.4 is 20.1 Å². The second-order valence-electron chi connectivity index (χ2n) is 6.29. The number of nitro benzene ring substituents is 1. The van der Waals surface area contributed by atoms with Crippen LogP contribution in [0.5, 0.6) is 11.5 Å². The number of ether oxygens (including phenoxy) is 3. The molecular formula is C18H27N3O7. The van der Waals surface area contributed by atoms with Gasteiger partial charge in [0.1, 0.15) is 6.10 Å². The average Bonchev–Trinajstić information content (AvgIpc) is 2.63. The van der Waals surface area contributed by atoms with Crippen LogP contribution in [0, 0.1) is 10.1 Å². The second kappa shape index (κ2) is 11.0. The van der Waals surface area contributed by atoms with Crippen LogP contribution in [0.15, 0.2) is 12.1 Å².